The molecular formula is C24H37N3O6. The highest BCUT2D eigenvalue weighted by atomic mass is 16.6. The summed E-state index contributed by atoms with van der Waals surface area (Å²) in [6.45, 7) is 7.88. The Kier molecular flexibility index (Phi) is 6.12. The summed E-state index contributed by atoms with van der Waals surface area (Å²) in [6, 6.07) is -1.59. The Bertz CT molecular complexity index is 829. The van der Waals surface area contributed by atoms with Gasteiger partial charge in [0.25, 0.3) is 0 Å². The molecule has 3 N–H and O–H groups in total. The number of aliphatic carboxylic acids is 1. The molecule has 0 bridgehead atoms. The Morgan fingerprint density at radius 2 is 1.82 bits per heavy atom. The van der Waals surface area contributed by atoms with Crippen LogP contribution in [0.25, 0.3) is 0 Å². The first-order valence-corrected chi connectivity index (χ1v) is 12.3. The van der Waals surface area contributed by atoms with Crippen LogP contribution in [0, 0.1) is 23.2 Å². The largest absolute Gasteiger partial charge is 0.479 e. The molecule has 0 spiro atoms. The third-order valence-corrected chi connectivity index (χ3v) is 8.01. The van der Waals surface area contributed by atoms with Crippen molar-refractivity contribution in [1.82, 2.24) is 15.5 Å². The van der Waals surface area contributed by atoms with Gasteiger partial charge < -0.3 is 25.4 Å². The SMILES string of the molecule is CC[C@@H]1CC1(NC(=O)[C@@H]1CCCN1C(=O)[C@@H](NC(=O)OC1C[C@@H]2C[C@@H]2C1)C(C)(C)C)C(=O)O. The van der Waals surface area contributed by atoms with Crippen LogP contribution in [0.5, 0.6) is 0 Å². The van der Waals surface area contributed by atoms with E-state index in [1.807, 2.05) is 27.7 Å². The second-order valence-electron chi connectivity index (χ2n) is 11.5. The summed E-state index contributed by atoms with van der Waals surface area (Å²) < 4.78 is 5.58. The van der Waals surface area contributed by atoms with Crippen LogP contribution in [0.15, 0.2) is 0 Å². The molecule has 9 heteroatoms. The van der Waals surface area contributed by atoms with Crippen molar-refractivity contribution in [2.45, 2.75) is 96.4 Å². The van der Waals surface area contributed by atoms with Gasteiger partial charge in [-0.3, -0.25) is 9.59 Å². The van der Waals surface area contributed by atoms with Gasteiger partial charge in [0.1, 0.15) is 23.7 Å². The van der Waals surface area contributed by atoms with E-state index in [0.29, 0.717) is 44.1 Å². The van der Waals surface area contributed by atoms with Crippen LogP contribution in [0.2, 0.25) is 0 Å². The maximum atomic E-state index is 13.5. The van der Waals surface area contributed by atoms with Gasteiger partial charge in [0, 0.05) is 6.54 Å². The number of carboxylic acids is 1. The van der Waals surface area contributed by atoms with E-state index in [1.54, 1.807) is 0 Å². The molecule has 0 radical (unpaired) electrons. The highest BCUT2D eigenvalue weighted by Crippen LogP contribution is 2.52. The lowest BCUT2D eigenvalue weighted by atomic mass is 9.85. The van der Waals surface area contributed by atoms with Crippen molar-refractivity contribution >= 4 is 23.9 Å². The van der Waals surface area contributed by atoms with Crippen molar-refractivity contribution in [3.8, 4) is 0 Å². The summed E-state index contributed by atoms with van der Waals surface area (Å²) >= 11 is 0. The second kappa shape index (κ2) is 8.47. The zero-order chi connectivity index (χ0) is 24.1. The smallest absolute Gasteiger partial charge is 0.408 e. The topological polar surface area (TPSA) is 125 Å². The Labute approximate surface area is 195 Å². The van der Waals surface area contributed by atoms with Crippen molar-refractivity contribution in [3.63, 3.8) is 0 Å². The van der Waals surface area contributed by atoms with Gasteiger partial charge in [-0.05, 0) is 61.7 Å². The van der Waals surface area contributed by atoms with Gasteiger partial charge in [0.05, 0.1) is 0 Å². The summed E-state index contributed by atoms with van der Waals surface area (Å²) in [5, 5.41) is 15.1. The van der Waals surface area contributed by atoms with Gasteiger partial charge in [0.2, 0.25) is 11.8 Å². The fraction of sp³-hybridized carbons (Fsp3) is 0.833. The molecule has 3 saturated carbocycles. The van der Waals surface area contributed by atoms with Crippen LogP contribution in [0.4, 0.5) is 4.79 Å². The zero-order valence-corrected chi connectivity index (χ0v) is 20.1. The molecule has 0 aromatic carbocycles. The lowest BCUT2D eigenvalue weighted by Crippen LogP contribution is -2.59. The fourth-order valence-electron chi connectivity index (χ4n) is 5.77. The molecule has 1 aliphatic heterocycles. The van der Waals surface area contributed by atoms with Gasteiger partial charge in [-0.2, -0.15) is 0 Å². The number of rotatable bonds is 7. The number of fused-ring (bicyclic) bond motifs is 1. The van der Waals surface area contributed by atoms with Gasteiger partial charge in [0.15, 0.2) is 0 Å². The minimum Gasteiger partial charge on any atom is -0.479 e. The quantitative estimate of drug-likeness (QED) is 0.532. The summed E-state index contributed by atoms with van der Waals surface area (Å²) in [6.07, 6.45) is 4.52. The van der Waals surface area contributed by atoms with Crippen LogP contribution in [0.3, 0.4) is 0 Å². The molecule has 0 aromatic rings. The Hall–Kier alpha value is -2.32. The molecule has 3 aliphatic carbocycles. The fourth-order valence-corrected chi connectivity index (χ4v) is 5.77. The number of carboxylic acid groups (broad SMARTS) is 1. The number of amides is 3. The van der Waals surface area contributed by atoms with E-state index < -0.39 is 41.0 Å². The molecule has 33 heavy (non-hydrogen) atoms. The molecule has 1 saturated heterocycles. The number of nitrogens with one attached hydrogen (secondary N) is 2. The minimum atomic E-state index is -1.23. The second-order valence-corrected chi connectivity index (χ2v) is 11.5. The summed E-state index contributed by atoms with van der Waals surface area (Å²) in [5.74, 6) is -0.526. The molecule has 3 amide bonds. The van der Waals surface area contributed by atoms with Gasteiger partial charge >= 0.3 is 12.1 Å². The van der Waals surface area contributed by atoms with Crippen molar-refractivity contribution < 1.29 is 29.0 Å². The molecule has 184 valence electrons. The first-order chi connectivity index (χ1) is 15.5. The van der Waals surface area contributed by atoms with E-state index in [0.717, 1.165) is 12.8 Å². The van der Waals surface area contributed by atoms with Gasteiger partial charge in [-0.1, -0.05) is 34.1 Å². The first kappa shape index (κ1) is 23.8. The number of ether oxygens (including phenoxy) is 1. The van der Waals surface area contributed by atoms with E-state index >= 15 is 0 Å². The average Bonchev–Trinajstić information content (AvgIpc) is 3.50. The number of likely N-dealkylation sites (tertiary alicyclic amines) is 1. The summed E-state index contributed by atoms with van der Waals surface area (Å²) in [5.41, 5.74) is -1.82. The van der Waals surface area contributed by atoms with Crippen LogP contribution < -0.4 is 10.6 Å². The van der Waals surface area contributed by atoms with Gasteiger partial charge in [-0.25, -0.2) is 9.59 Å². The third-order valence-electron chi connectivity index (χ3n) is 8.01. The molecule has 0 aromatic heterocycles. The van der Waals surface area contributed by atoms with E-state index in [4.69, 9.17) is 4.74 Å². The number of hydrogen-bond donors (Lipinski definition) is 3. The summed E-state index contributed by atoms with van der Waals surface area (Å²) in [7, 11) is 0. The number of nitrogens with zero attached hydrogens (tertiary/aromatic N) is 1. The molecular weight excluding hydrogens is 426 g/mol. The van der Waals surface area contributed by atoms with Crippen LogP contribution in [-0.2, 0) is 19.1 Å². The number of hydrogen-bond acceptors (Lipinski definition) is 5. The maximum absolute atomic E-state index is 13.5. The number of carbonyl (C=O) groups excluding carboxylic acids is 3. The lowest BCUT2D eigenvalue weighted by molar-refractivity contribution is -0.146. The van der Waals surface area contributed by atoms with E-state index in [1.165, 1.54) is 11.3 Å². The summed E-state index contributed by atoms with van der Waals surface area (Å²) in [4.78, 5) is 52.5. The van der Waals surface area contributed by atoms with Crippen molar-refractivity contribution in [2.24, 2.45) is 23.2 Å². The van der Waals surface area contributed by atoms with Crippen LogP contribution in [0.1, 0.15) is 72.6 Å². The predicted octanol–water partition coefficient (Wildman–Crippen LogP) is 2.29. The molecule has 9 nitrogen and oxygen atoms in total. The highest BCUT2D eigenvalue weighted by Gasteiger charge is 2.61. The standard InChI is InChI=1S/C24H37N3O6/c1-5-15-12-24(15,21(30)31)26-19(28)17-7-6-8-27(17)20(29)18(23(2,3)4)25-22(32)33-16-10-13-9-14(13)11-16/h13-18H,5-12H2,1-4H3,(H,25,32)(H,26,28)(H,30,31)/t13-,14+,15-,16?,17+,18-,24?/m1/s1. The maximum Gasteiger partial charge on any atom is 0.408 e. The van der Waals surface area contributed by atoms with E-state index in [9.17, 15) is 24.3 Å². The zero-order valence-electron chi connectivity index (χ0n) is 20.1. The lowest BCUT2D eigenvalue weighted by Gasteiger charge is -2.35. The first-order valence-electron chi connectivity index (χ1n) is 12.3. The van der Waals surface area contributed by atoms with Crippen LogP contribution in [-0.4, -0.2) is 64.2 Å². The molecule has 4 aliphatic rings. The van der Waals surface area contributed by atoms with Crippen molar-refractivity contribution in [1.29, 1.82) is 0 Å². The number of carbonyl (C=O) groups is 4. The normalized spacial score (nSPS) is 35.4. The van der Waals surface area contributed by atoms with E-state index in [2.05, 4.69) is 10.6 Å². The molecule has 7 atom stereocenters. The third kappa shape index (κ3) is 4.68. The highest BCUT2D eigenvalue weighted by molar-refractivity contribution is 5.96. The Morgan fingerprint density at radius 3 is 2.36 bits per heavy atom. The molecule has 1 heterocycles. The Morgan fingerprint density at radius 1 is 1.15 bits per heavy atom. The Balaban J connectivity index is 1.41. The molecule has 4 fully saturated rings. The number of alkyl carbamates (subject to hydrolysis) is 1. The van der Waals surface area contributed by atoms with Crippen molar-refractivity contribution in [3.05, 3.63) is 0 Å². The predicted molar refractivity (Wildman–Crippen MR) is 119 cm³/mol. The average molecular weight is 464 g/mol. The van der Waals surface area contributed by atoms with Crippen LogP contribution >= 0.6 is 0 Å². The van der Waals surface area contributed by atoms with Gasteiger partial charge in [-0.15, -0.1) is 0 Å². The minimum absolute atomic E-state index is 0.0907. The molecule has 2 unspecified atom stereocenters. The van der Waals surface area contributed by atoms with Crippen molar-refractivity contribution in [2.75, 3.05) is 6.54 Å². The monoisotopic (exact) mass is 463 g/mol. The van der Waals surface area contributed by atoms with E-state index in [-0.39, 0.29) is 17.9 Å². The molecule has 4 rings (SSSR count).